The number of pyridine rings is 1. The highest BCUT2D eigenvalue weighted by molar-refractivity contribution is 6.00. The van der Waals surface area contributed by atoms with Crippen LogP contribution in [0.2, 0.25) is 0 Å². The zero-order valence-corrected chi connectivity index (χ0v) is 14.1. The number of nitrogens with zero attached hydrogens (tertiary/aromatic N) is 1. The Morgan fingerprint density at radius 3 is 2.56 bits per heavy atom. The number of ketones is 1. The second-order valence-corrected chi connectivity index (χ2v) is 6.03. The summed E-state index contributed by atoms with van der Waals surface area (Å²) < 4.78 is 25.3. The van der Waals surface area contributed by atoms with E-state index in [1.165, 1.54) is 24.3 Å². The molecular weight excluding hydrogens is 349 g/mol. The standard InChI is InChI=1S/C21H14FNO4/c22-20-17-7-9-18(24)16(17)8-10-19(20)27-21(25)13-3-5-14(6-4-13)26-15-2-1-11-23-12-15/h1-6,8,10-12H,7,9H2. The van der Waals surface area contributed by atoms with E-state index in [-0.39, 0.29) is 23.5 Å². The summed E-state index contributed by atoms with van der Waals surface area (Å²) in [6.45, 7) is 0. The molecule has 3 aromatic rings. The van der Waals surface area contributed by atoms with Gasteiger partial charge in [-0.3, -0.25) is 9.78 Å². The first kappa shape index (κ1) is 16.9. The highest BCUT2D eigenvalue weighted by atomic mass is 19.1. The van der Waals surface area contributed by atoms with Crippen LogP contribution >= 0.6 is 0 Å². The molecule has 1 aliphatic carbocycles. The Kier molecular flexibility index (Phi) is 4.38. The molecule has 0 saturated heterocycles. The number of carbonyl (C=O) groups is 2. The summed E-state index contributed by atoms with van der Waals surface area (Å²) in [6, 6.07) is 12.6. The molecular formula is C21H14FNO4. The molecule has 0 amide bonds. The molecule has 0 atom stereocenters. The first-order valence-corrected chi connectivity index (χ1v) is 8.36. The number of Topliss-reactive ketones (excluding diaryl/α,β-unsaturated/α-hetero) is 1. The minimum Gasteiger partial charge on any atom is -0.456 e. The lowest BCUT2D eigenvalue weighted by atomic mass is 10.1. The van der Waals surface area contributed by atoms with Gasteiger partial charge in [-0.2, -0.15) is 0 Å². The van der Waals surface area contributed by atoms with E-state index in [2.05, 4.69) is 4.98 Å². The number of hydrogen-bond donors (Lipinski definition) is 0. The quantitative estimate of drug-likeness (QED) is 0.509. The number of aromatic nitrogens is 1. The molecule has 0 fully saturated rings. The van der Waals surface area contributed by atoms with E-state index in [0.717, 1.165) is 0 Å². The molecule has 0 unspecified atom stereocenters. The molecule has 0 bridgehead atoms. The Labute approximate surface area is 154 Å². The van der Waals surface area contributed by atoms with Crippen molar-refractivity contribution in [3.8, 4) is 17.2 Å². The van der Waals surface area contributed by atoms with Gasteiger partial charge in [-0.05, 0) is 55.0 Å². The zero-order chi connectivity index (χ0) is 18.8. The van der Waals surface area contributed by atoms with Crippen molar-refractivity contribution < 1.29 is 23.5 Å². The van der Waals surface area contributed by atoms with Crippen LogP contribution in [0, 0.1) is 5.82 Å². The van der Waals surface area contributed by atoms with Crippen molar-refractivity contribution in [1.82, 2.24) is 4.98 Å². The summed E-state index contributed by atoms with van der Waals surface area (Å²) >= 11 is 0. The largest absolute Gasteiger partial charge is 0.456 e. The number of ether oxygens (including phenoxy) is 2. The van der Waals surface area contributed by atoms with Crippen molar-refractivity contribution >= 4 is 11.8 Å². The van der Waals surface area contributed by atoms with Crippen LogP contribution in [-0.2, 0) is 6.42 Å². The van der Waals surface area contributed by atoms with Crippen LogP contribution in [0.25, 0.3) is 0 Å². The molecule has 4 rings (SSSR count). The summed E-state index contributed by atoms with van der Waals surface area (Å²) in [5.41, 5.74) is 0.930. The van der Waals surface area contributed by atoms with Gasteiger partial charge in [-0.15, -0.1) is 0 Å². The number of rotatable bonds is 4. The summed E-state index contributed by atoms with van der Waals surface area (Å²) in [5, 5.41) is 0. The van der Waals surface area contributed by atoms with E-state index < -0.39 is 11.8 Å². The molecule has 27 heavy (non-hydrogen) atoms. The van der Waals surface area contributed by atoms with E-state index in [1.54, 1.807) is 36.7 Å². The maximum absolute atomic E-state index is 14.5. The van der Waals surface area contributed by atoms with Gasteiger partial charge in [0.25, 0.3) is 0 Å². The third-order valence-electron chi connectivity index (χ3n) is 4.27. The highest BCUT2D eigenvalue weighted by Crippen LogP contribution is 2.31. The SMILES string of the molecule is O=C(Oc1ccc2c(c1F)CCC2=O)c1ccc(Oc2cccnc2)cc1. The van der Waals surface area contributed by atoms with Crippen LogP contribution in [-0.4, -0.2) is 16.7 Å². The topological polar surface area (TPSA) is 65.5 Å². The number of fused-ring (bicyclic) bond motifs is 1. The predicted octanol–water partition coefficient (Wildman–Crippen LogP) is 4.36. The van der Waals surface area contributed by atoms with Crippen molar-refractivity contribution in [3.05, 3.63) is 83.4 Å². The Bertz CT molecular complexity index is 1020. The molecule has 1 aromatic heterocycles. The van der Waals surface area contributed by atoms with Gasteiger partial charge in [-0.1, -0.05) is 0 Å². The van der Waals surface area contributed by atoms with Crippen LogP contribution in [0.1, 0.15) is 32.7 Å². The molecule has 1 aliphatic rings. The Morgan fingerprint density at radius 1 is 1.00 bits per heavy atom. The monoisotopic (exact) mass is 363 g/mol. The lowest BCUT2D eigenvalue weighted by Crippen LogP contribution is -2.10. The molecule has 0 N–H and O–H groups in total. The third-order valence-corrected chi connectivity index (χ3v) is 4.27. The van der Waals surface area contributed by atoms with Crippen molar-refractivity contribution in [3.63, 3.8) is 0 Å². The van der Waals surface area contributed by atoms with Gasteiger partial charge >= 0.3 is 5.97 Å². The van der Waals surface area contributed by atoms with E-state index in [9.17, 15) is 14.0 Å². The first-order valence-electron chi connectivity index (χ1n) is 8.36. The summed E-state index contributed by atoms with van der Waals surface area (Å²) in [7, 11) is 0. The highest BCUT2D eigenvalue weighted by Gasteiger charge is 2.26. The van der Waals surface area contributed by atoms with Gasteiger partial charge in [0, 0.05) is 23.7 Å². The Morgan fingerprint density at radius 2 is 1.81 bits per heavy atom. The van der Waals surface area contributed by atoms with E-state index in [0.29, 0.717) is 29.0 Å². The lowest BCUT2D eigenvalue weighted by molar-refractivity contribution is 0.0727. The number of halogens is 1. The molecule has 1 heterocycles. The fourth-order valence-corrected chi connectivity index (χ4v) is 2.92. The predicted molar refractivity (Wildman–Crippen MR) is 94.8 cm³/mol. The Hall–Kier alpha value is -3.54. The molecule has 0 radical (unpaired) electrons. The minimum absolute atomic E-state index is 0.0917. The van der Waals surface area contributed by atoms with Gasteiger partial charge in [0.1, 0.15) is 11.5 Å². The molecule has 134 valence electrons. The smallest absolute Gasteiger partial charge is 0.343 e. The number of carbonyl (C=O) groups excluding carboxylic acids is 2. The van der Waals surface area contributed by atoms with Gasteiger partial charge in [0.15, 0.2) is 17.3 Å². The zero-order valence-electron chi connectivity index (χ0n) is 14.1. The molecule has 0 saturated carbocycles. The number of esters is 1. The van der Waals surface area contributed by atoms with Crippen molar-refractivity contribution in [1.29, 1.82) is 0 Å². The fraction of sp³-hybridized carbons (Fsp3) is 0.0952. The van der Waals surface area contributed by atoms with Crippen LogP contribution in [0.5, 0.6) is 17.2 Å². The van der Waals surface area contributed by atoms with Gasteiger partial charge in [0.05, 0.1) is 11.8 Å². The van der Waals surface area contributed by atoms with E-state index in [1.807, 2.05) is 0 Å². The molecule has 0 aliphatic heterocycles. The van der Waals surface area contributed by atoms with E-state index in [4.69, 9.17) is 9.47 Å². The second-order valence-electron chi connectivity index (χ2n) is 6.03. The van der Waals surface area contributed by atoms with Crippen LogP contribution in [0.15, 0.2) is 60.9 Å². The summed E-state index contributed by atoms with van der Waals surface area (Å²) in [5.74, 6) is -0.506. The molecule has 2 aromatic carbocycles. The van der Waals surface area contributed by atoms with Gasteiger partial charge in [0.2, 0.25) is 0 Å². The summed E-state index contributed by atoms with van der Waals surface area (Å²) in [4.78, 5) is 27.9. The average Bonchev–Trinajstić information content (AvgIpc) is 3.07. The second kappa shape index (κ2) is 6.99. The maximum Gasteiger partial charge on any atom is 0.343 e. The van der Waals surface area contributed by atoms with Crippen LogP contribution < -0.4 is 9.47 Å². The summed E-state index contributed by atoms with van der Waals surface area (Å²) in [6.07, 6.45) is 3.82. The van der Waals surface area contributed by atoms with Crippen molar-refractivity contribution in [2.75, 3.05) is 0 Å². The fourth-order valence-electron chi connectivity index (χ4n) is 2.92. The van der Waals surface area contributed by atoms with Gasteiger partial charge in [-0.25, -0.2) is 9.18 Å². The molecule has 0 spiro atoms. The molecule has 5 nitrogen and oxygen atoms in total. The number of benzene rings is 2. The molecule has 6 heteroatoms. The first-order chi connectivity index (χ1) is 13.1. The lowest BCUT2D eigenvalue weighted by Gasteiger charge is -2.09. The minimum atomic E-state index is -0.689. The van der Waals surface area contributed by atoms with Crippen molar-refractivity contribution in [2.45, 2.75) is 12.8 Å². The van der Waals surface area contributed by atoms with Crippen LogP contribution in [0.4, 0.5) is 4.39 Å². The third kappa shape index (κ3) is 3.42. The number of hydrogen-bond acceptors (Lipinski definition) is 5. The van der Waals surface area contributed by atoms with Gasteiger partial charge < -0.3 is 9.47 Å². The van der Waals surface area contributed by atoms with Crippen molar-refractivity contribution in [2.24, 2.45) is 0 Å². The maximum atomic E-state index is 14.5. The van der Waals surface area contributed by atoms with E-state index >= 15 is 0 Å². The van der Waals surface area contributed by atoms with Crippen LogP contribution in [0.3, 0.4) is 0 Å². The Balaban J connectivity index is 1.48. The average molecular weight is 363 g/mol. The normalized spacial score (nSPS) is 12.6.